The van der Waals surface area contributed by atoms with Crippen LogP contribution in [-0.2, 0) is 4.74 Å². The van der Waals surface area contributed by atoms with Crippen molar-refractivity contribution in [3.63, 3.8) is 0 Å². The molecule has 3 aromatic carbocycles. The molecule has 156 valence electrons. The SMILES string of the molecule is COc1ccc(Cl)cc1C#CCCNC(=O)OCC1c2ccccc2-c2ccccc21. The molecule has 0 saturated heterocycles. The molecule has 1 aliphatic rings. The van der Waals surface area contributed by atoms with Crippen molar-refractivity contribution in [3.05, 3.63) is 88.4 Å². The van der Waals surface area contributed by atoms with E-state index in [2.05, 4.69) is 41.4 Å². The minimum absolute atomic E-state index is 0.0493. The average Bonchev–Trinajstić information content (AvgIpc) is 3.11. The van der Waals surface area contributed by atoms with Gasteiger partial charge in [0, 0.05) is 23.9 Å². The summed E-state index contributed by atoms with van der Waals surface area (Å²) >= 11 is 6.01. The van der Waals surface area contributed by atoms with E-state index >= 15 is 0 Å². The first kappa shape index (κ1) is 20.8. The number of carbonyl (C=O) groups excluding carboxylic acids is 1. The van der Waals surface area contributed by atoms with E-state index in [1.54, 1.807) is 25.3 Å². The lowest BCUT2D eigenvalue weighted by molar-refractivity contribution is 0.143. The Balaban J connectivity index is 1.30. The van der Waals surface area contributed by atoms with E-state index in [1.807, 2.05) is 24.3 Å². The molecule has 0 spiro atoms. The number of ether oxygens (including phenoxy) is 2. The number of hydrogen-bond donors (Lipinski definition) is 1. The van der Waals surface area contributed by atoms with Gasteiger partial charge in [-0.05, 0) is 40.5 Å². The number of alkyl carbamates (subject to hydrolysis) is 1. The highest BCUT2D eigenvalue weighted by atomic mass is 35.5. The third kappa shape index (κ3) is 4.68. The normalized spacial score (nSPS) is 11.7. The fourth-order valence-electron chi connectivity index (χ4n) is 3.81. The Bertz CT molecular complexity index is 1120. The summed E-state index contributed by atoms with van der Waals surface area (Å²) in [5, 5.41) is 3.36. The van der Waals surface area contributed by atoms with Gasteiger partial charge in [-0.2, -0.15) is 0 Å². The average molecular weight is 432 g/mol. The lowest BCUT2D eigenvalue weighted by atomic mass is 9.98. The number of halogens is 1. The number of amides is 1. The molecule has 0 radical (unpaired) electrons. The van der Waals surface area contributed by atoms with E-state index in [9.17, 15) is 4.79 Å². The fraction of sp³-hybridized carbons (Fsp3) is 0.192. The van der Waals surface area contributed by atoms with E-state index in [1.165, 1.54) is 22.3 Å². The van der Waals surface area contributed by atoms with Gasteiger partial charge >= 0.3 is 6.09 Å². The van der Waals surface area contributed by atoms with Crippen LogP contribution in [0.5, 0.6) is 5.75 Å². The van der Waals surface area contributed by atoms with Gasteiger partial charge in [-0.15, -0.1) is 0 Å². The van der Waals surface area contributed by atoms with E-state index in [0.717, 1.165) is 5.56 Å². The summed E-state index contributed by atoms with van der Waals surface area (Å²) in [6, 6.07) is 21.8. The van der Waals surface area contributed by atoms with Crippen molar-refractivity contribution < 1.29 is 14.3 Å². The van der Waals surface area contributed by atoms with Gasteiger partial charge in [0.25, 0.3) is 0 Å². The van der Waals surface area contributed by atoms with Gasteiger partial charge in [0.15, 0.2) is 0 Å². The summed E-state index contributed by atoms with van der Waals surface area (Å²) in [4.78, 5) is 12.2. The molecule has 5 heteroatoms. The van der Waals surface area contributed by atoms with Gasteiger partial charge in [0.05, 0.1) is 12.7 Å². The van der Waals surface area contributed by atoms with Crippen LogP contribution < -0.4 is 10.1 Å². The van der Waals surface area contributed by atoms with Crippen molar-refractivity contribution in [2.45, 2.75) is 12.3 Å². The van der Waals surface area contributed by atoms with Crippen LogP contribution in [0.4, 0.5) is 4.79 Å². The third-order valence-corrected chi connectivity index (χ3v) is 5.48. The second-order valence-corrected chi connectivity index (χ2v) is 7.59. The summed E-state index contributed by atoms with van der Waals surface area (Å²) in [5.74, 6) is 6.77. The number of nitrogens with one attached hydrogen (secondary N) is 1. The molecule has 0 fully saturated rings. The Hall–Kier alpha value is -3.42. The Morgan fingerprint density at radius 3 is 2.39 bits per heavy atom. The quantitative estimate of drug-likeness (QED) is 0.420. The Labute approximate surface area is 187 Å². The van der Waals surface area contributed by atoms with Crippen LogP contribution in [0.1, 0.15) is 29.0 Å². The Morgan fingerprint density at radius 1 is 1.03 bits per heavy atom. The molecule has 1 N–H and O–H groups in total. The van der Waals surface area contributed by atoms with Crippen molar-refractivity contribution in [1.82, 2.24) is 5.32 Å². The molecule has 3 aromatic rings. The van der Waals surface area contributed by atoms with Crippen molar-refractivity contribution in [3.8, 4) is 28.7 Å². The van der Waals surface area contributed by atoms with Crippen LogP contribution >= 0.6 is 11.6 Å². The molecule has 0 aliphatic heterocycles. The van der Waals surface area contributed by atoms with Gasteiger partial charge in [0.1, 0.15) is 12.4 Å². The summed E-state index contributed by atoms with van der Waals surface area (Å²) in [6.45, 7) is 0.692. The fourth-order valence-corrected chi connectivity index (χ4v) is 3.98. The summed E-state index contributed by atoms with van der Waals surface area (Å²) in [5.41, 5.74) is 5.52. The molecule has 4 rings (SSSR count). The first-order valence-electron chi connectivity index (χ1n) is 10.1. The third-order valence-electron chi connectivity index (χ3n) is 5.25. The van der Waals surface area contributed by atoms with Gasteiger partial charge < -0.3 is 14.8 Å². The van der Waals surface area contributed by atoms with Crippen LogP contribution in [-0.4, -0.2) is 26.4 Å². The number of fused-ring (bicyclic) bond motifs is 3. The van der Waals surface area contributed by atoms with Crippen LogP contribution in [0.3, 0.4) is 0 Å². The second kappa shape index (κ2) is 9.59. The highest BCUT2D eigenvalue weighted by Crippen LogP contribution is 2.44. The number of methoxy groups -OCH3 is 1. The first-order chi connectivity index (χ1) is 15.2. The van der Waals surface area contributed by atoms with Gasteiger partial charge in [-0.25, -0.2) is 4.79 Å². The van der Waals surface area contributed by atoms with Gasteiger partial charge in [0.2, 0.25) is 0 Å². The molecule has 0 bridgehead atoms. The maximum atomic E-state index is 12.2. The van der Waals surface area contributed by atoms with E-state index in [-0.39, 0.29) is 5.92 Å². The zero-order valence-corrected chi connectivity index (χ0v) is 17.9. The molecule has 1 amide bonds. The lowest BCUT2D eigenvalue weighted by Gasteiger charge is -2.14. The molecule has 0 aromatic heterocycles. The number of rotatable bonds is 5. The monoisotopic (exact) mass is 431 g/mol. The van der Waals surface area contributed by atoms with E-state index < -0.39 is 6.09 Å². The minimum Gasteiger partial charge on any atom is -0.495 e. The standard InChI is InChI=1S/C26H22ClNO3/c1-30-25-14-13-19(27)16-18(25)8-6-7-15-28-26(29)31-17-24-22-11-4-2-9-20(22)21-10-3-5-12-23(21)24/h2-5,9-14,16,24H,7,15,17H2,1H3,(H,28,29). The van der Waals surface area contributed by atoms with Crippen LogP contribution in [0.2, 0.25) is 5.02 Å². The molecule has 1 aliphatic carbocycles. The highest BCUT2D eigenvalue weighted by molar-refractivity contribution is 6.30. The molecule has 31 heavy (non-hydrogen) atoms. The van der Waals surface area contributed by atoms with Crippen LogP contribution in [0.25, 0.3) is 11.1 Å². The van der Waals surface area contributed by atoms with Gasteiger partial charge in [-0.3, -0.25) is 0 Å². The summed E-state index contributed by atoms with van der Waals surface area (Å²) < 4.78 is 10.8. The number of hydrogen-bond acceptors (Lipinski definition) is 3. The highest BCUT2D eigenvalue weighted by Gasteiger charge is 2.28. The maximum absolute atomic E-state index is 12.2. The van der Waals surface area contributed by atoms with Crippen LogP contribution in [0, 0.1) is 11.8 Å². The first-order valence-corrected chi connectivity index (χ1v) is 10.5. The zero-order chi connectivity index (χ0) is 21.6. The maximum Gasteiger partial charge on any atom is 0.407 e. The van der Waals surface area contributed by atoms with Crippen molar-refractivity contribution in [1.29, 1.82) is 0 Å². The van der Waals surface area contributed by atoms with Gasteiger partial charge in [-0.1, -0.05) is 72.0 Å². The molecule has 0 atom stereocenters. The topological polar surface area (TPSA) is 47.6 Å². The molecule has 4 nitrogen and oxygen atoms in total. The molecular weight excluding hydrogens is 410 g/mol. The van der Waals surface area contributed by atoms with Crippen molar-refractivity contribution in [2.75, 3.05) is 20.3 Å². The molecule has 0 saturated carbocycles. The smallest absolute Gasteiger partial charge is 0.407 e. The zero-order valence-electron chi connectivity index (χ0n) is 17.2. The number of benzene rings is 3. The Kier molecular flexibility index (Phi) is 6.45. The largest absolute Gasteiger partial charge is 0.495 e. The number of carbonyl (C=O) groups is 1. The van der Waals surface area contributed by atoms with Crippen molar-refractivity contribution >= 4 is 17.7 Å². The van der Waals surface area contributed by atoms with Crippen molar-refractivity contribution in [2.24, 2.45) is 0 Å². The minimum atomic E-state index is -0.441. The summed E-state index contributed by atoms with van der Waals surface area (Å²) in [6.07, 6.45) is 0.0452. The lowest BCUT2D eigenvalue weighted by Crippen LogP contribution is -2.26. The van der Waals surface area contributed by atoms with E-state index in [0.29, 0.717) is 30.3 Å². The Morgan fingerprint density at radius 2 is 1.71 bits per heavy atom. The predicted molar refractivity (Wildman–Crippen MR) is 123 cm³/mol. The van der Waals surface area contributed by atoms with Crippen LogP contribution in [0.15, 0.2) is 66.7 Å². The predicted octanol–water partition coefficient (Wildman–Crippen LogP) is 5.63. The summed E-state index contributed by atoms with van der Waals surface area (Å²) in [7, 11) is 1.59. The van der Waals surface area contributed by atoms with E-state index in [4.69, 9.17) is 21.1 Å². The molecule has 0 unspecified atom stereocenters. The molecule has 0 heterocycles. The molecular formula is C26H22ClNO3. The second-order valence-electron chi connectivity index (χ2n) is 7.15.